The zero-order valence-electron chi connectivity index (χ0n) is 17.8. The number of hydrogen-bond donors (Lipinski definition) is 1. The Bertz CT molecular complexity index is 1080. The summed E-state index contributed by atoms with van der Waals surface area (Å²) in [7, 11) is 0. The third-order valence-corrected chi connectivity index (χ3v) is 7.00. The van der Waals surface area contributed by atoms with Gasteiger partial charge in [-0.25, -0.2) is 9.78 Å². The van der Waals surface area contributed by atoms with Crippen LogP contribution in [-0.4, -0.2) is 48.6 Å². The molecule has 160 valence electrons. The number of para-hydroxylation sites is 3. The molecule has 3 aromatic rings. The van der Waals surface area contributed by atoms with Crippen molar-refractivity contribution in [2.45, 2.75) is 19.8 Å². The number of anilines is 4. The highest BCUT2D eigenvalue weighted by Crippen LogP contribution is 2.38. The average molecular weight is 434 g/mol. The van der Waals surface area contributed by atoms with Crippen molar-refractivity contribution >= 4 is 39.6 Å². The quantitative estimate of drug-likeness (QED) is 0.639. The Kier molecular flexibility index (Phi) is 5.51. The summed E-state index contributed by atoms with van der Waals surface area (Å²) in [4.78, 5) is 24.3. The van der Waals surface area contributed by atoms with Gasteiger partial charge in [0.1, 0.15) is 0 Å². The number of nitrogens with zero attached hydrogens (tertiary/aromatic N) is 4. The van der Waals surface area contributed by atoms with Gasteiger partial charge in [0, 0.05) is 43.8 Å². The van der Waals surface area contributed by atoms with Gasteiger partial charge >= 0.3 is 6.03 Å². The van der Waals surface area contributed by atoms with Gasteiger partial charge in [-0.15, -0.1) is 11.3 Å². The summed E-state index contributed by atoms with van der Waals surface area (Å²) in [6, 6.07) is 16.6. The highest BCUT2D eigenvalue weighted by atomic mass is 32.1. The summed E-state index contributed by atoms with van der Waals surface area (Å²) < 4.78 is 0. The molecule has 0 aliphatic carbocycles. The maximum atomic E-state index is 13.1. The number of urea groups is 1. The van der Waals surface area contributed by atoms with Gasteiger partial charge in [0.25, 0.3) is 0 Å². The summed E-state index contributed by atoms with van der Waals surface area (Å²) in [5, 5.41) is 6.32. The number of aromatic nitrogens is 1. The molecule has 0 radical (unpaired) electrons. The van der Waals surface area contributed by atoms with Gasteiger partial charge in [0.2, 0.25) is 0 Å². The van der Waals surface area contributed by atoms with Crippen molar-refractivity contribution in [2.24, 2.45) is 0 Å². The molecular formula is C24H27N5OS. The number of fused-ring (bicyclic) bond motifs is 1. The molecule has 0 bridgehead atoms. The van der Waals surface area contributed by atoms with Crippen LogP contribution in [0.25, 0.3) is 0 Å². The number of aryl methyl sites for hydroxylation is 1. The number of carbonyl (C=O) groups is 1. The van der Waals surface area contributed by atoms with E-state index in [-0.39, 0.29) is 6.03 Å². The Balaban J connectivity index is 1.29. The van der Waals surface area contributed by atoms with E-state index < -0.39 is 0 Å². The number of amides is 2. The van der Waals surface area contributed by atoms with Crippen molar-refractivity contribution in [1.29, 1.82) is 0 Å². The van der Waals surface area contributed by atoms with E-state index >= 15 is 0 Å². The number of benzene rings is 2. The Morgan fingerprint density at radius 2 is 1.77 bits per heavy atom. The van der Waals surface area contributed by atoms with Gasteiger partial charge < -0.3 is 20.0 Å². The van der Waals surface area contributed by atoms with E-state index in [0.29, 0.717) is 6.54 Å². The minimum Gasteiger partial charge on any atom is -0.346 e. The fraction of sp³-hybridized carbons (Fsp3) is 0.333. The third-order valence-electron chi connectivity index (χ3n) is 5.98. The highest BCUT2D eigenvalue weighted by Gasteiger charge is 2.24. The van der Waals surface area contributed by atoms with Crippen molar-refractivity contribution in [3.8, 4) is 0 Å². The van der Waals surface area contributed by atoms with Crippen LogP contribution in [0.2, 0.25) is 0 Å². The van der Waals surface area contributed by atoms with Crippen LogP contribution < -0.4 is 15.1 Å². The molecule has 5 rings (SSSR count). The minimum absolute atomic E-state index is 0.0305. The van der Waals surface area contributed by atoms with Crippen LogP contribution in [0, 0.1) is 6.92 Å². The second-order valence-corrected chi connectivity index (χ2v) is 8.91. The number of hydrogen-bond acceptors (Lipinski definition) is 5. The Morgan fingerprint density at radius 3 is 2.61 bits per heavy atom. The third kappa shape index (κ3) is 4.10. The van der Waals surface area contributed by atoms with E-state index in [1.165, 1.54) is 11.3 Å². The Labute approximate surface area is 187 Å². The minimum atomic E-state index is -0.0305. The fourth-order valence-electron chi connectivity index (χ4n) is 4.40. The molecule has 0 saturated carbocycles. The van der Waals surface area contributed by atoms with Gasteiger partial charge in [0.15, 0.2) is 5.13 Å². The number of rotatable bonds is 3. The van der Waals surface area contributed by atoms with Crippen molar-refractivity contribution in [3.63, 3.8) is 0 Å². The van der Waals surface area contributed by atoms with Crippen LogP contribution in [0.5, 0.6) is 0 Å². The van der Waals surface area contributed by atoms with E-state index in [4.69, 9.17) is 0 Å². The molecule has 1 aromatic heterocycles. The lowest BCUT2D eigenvalue weighted by Crippen LogP contribution is -2.38. The molecule has 3 heterocycles. The van der Waals surface area contributed by atoms with Crippen molar-refractivity contribution in [3.05, 3.63) is 65.2 Å². The predicted molar refractivity (Wildman–Crippen MR) is 128 cm³/mol. The molecule has 1 N–H and O–H groups in total. The standard InChI is InChI=1S/C24H27N5OS/c1-18-17-31-24(25-18)28-13-6-12-27(15-16-28)23(30)26-20-8-3-5-10-22(20)29-14-11-19-7-2-4-9-21(19)29/h2-5,7-10,17H,6,11-16H2,1H3,(H,26,30). The van der Waals surface area contributed by atoms with Gasteiger partial charge in [-0.3, -0.25) is 0 Å². The Morgan fingerprint density at radius 1 is 0.968 bits per heavy atom. The van der Waals surface area contributed by atoms with Crippen LogP contribution in [0.4, 0.5) is 27.0 Å². The molecule has 1 fully saturated rings. The summed E-state index contributed by atoms with van der Waals surface area (Å²) in [5.74, 6) is 0. The van der Waals surface area contributed by atoms with E-state index in [9.17, 15) is 4.79 Å². The first-order chi connectivity index (χ1) is 15.2. The summed E-state index contributed by atoms with van der Waals surface area (Å²) in [6.07, 6.45) is 1.96. The smallest absolute Gasteiger partial charge is 0.321 e. The topological polar surface area (TPSA) is 51.7 Å². The van der Waals surface area contributed by atoms with Crippen molar-refractivity contribution in [2.75, 3.05) is 47.8 Å². The normalized spacial score (nSPS) is 16.2. The molecule has 1 saturated heterocycles. The number of nitrogens with one attached hydrogen (secondary N) is 1. The van der Waals surface area contributed by atoms with Crippen LogP contribution >= 0.6 is 11.3 Å². The first kappa shape index (κ1) is 19.9. The molecule has 6 nitrogen and oxygen atoms in total. The monoisotopic (exact) mass is 433 g/mol. The first-order valence-corrected chi connectivity index (χ1v) is 11.7. The molecule has 2 aliphatic heterocycles. The van der Waals surface area contributed by atoms with Crippen LogP contribution in [0.1, 0.15) is 17.7 Å². The second kappa shape index (κ2) is 8.59. The molecule has 0 unspecified atom stereocenters. The molecular weight excluding hydrogens is 406 g/mol. The molecule has 2 aliphatic rings. The Hall–Kier alpha value is -3.06. The van der Waals surface area contributed by atoms with Gasteiger partial charge in [-0.05, 0) is 43.5 Å². The van der Waals surface area contributed by atoms with Gasteiger partial charge in [-0.1, -0.05) is 30.3 Å². The maximum Gasteiger partial charge on any atom is 0.321 e. The second-order valence-electron chi connectivity index (χ2n) is 8.08. The maximum absolute atomic E-state index is 13.1. The SMILES string of the molecule is Cc1csc(N2CCCN(C(=O)Nc3ccccc3N3CCc4ccccc43)CC2)n1. The molecule has 7 heteroatoms. The highest BCUT2D eigenvalue weighted by molar-refractivity contribution is 7.13. The van der Waals surface area contributed by atoms with Crippen LogP contribution in [0.3, 0.4) is 0 Å². The lowest BCUT2D eigenvalue weighted by molar-refractivity contribution is 0.215. The number of thiazole rings is 1. The lowest BCUT2D eigenvalue weighted by Gasteiger charge is -2.26. The molecule has 0 atom stereocenters. The van der Waals surface area contributed by atoms with Crippen molar-refractivity contribution < 1.29 is 4.79 Å². The summed E-state index contributed by atoms with van der Waals surface area (Å²) >= 11 is 1.68. The zero-order chi connectivity index (χ0) is 21.2. The van der Waals surface area contributed by atoms with E-state index in [0.717, 1.165) is 61.2 Å². The van der Waals surface area contributed by atoms with E-state index in [1.54, 1.807) is 11.3 Å². The fourth-order valence-corrected chi connectivity index (χ4v) is 5.25. The largest absolute Gasteiger partial charge is 0.346 e. The van der Waals surface area contributed by atoms with E-state index in [2.05, 4.69) is 55.8 Å². The first-order valence-electron chi connectivity index (χ1n) is 10.9. The average Bonchev–Trinajstić information content (AvgIpc) is 3.33. The summed E-state index contributed by atoms with van der Waals surface area (Å²) in [6.45, 7) is 6.13. The van der Waals surface area contributed by atoms with Gasteiger partial charge in [-0.2, -0.15) is 0 Å². The van der Waals surface area contributed by atoms with Crippen LogP contribution in [0.15, 0.2) is 53.9 Å². The molecule has 31 heavy (non-hydrogen) atoms. The zero-order valence-corrected chi connectivity index (χ0v) is 18.6. The number of carbonyl (C=O) groups excluding carboxylic acids is 1. The van der Waals surface area contributed by atoms with E-state index in [1.807, 2.05) is 30.0 Å². The summed E-state index contributed by atoms with van der Waals surface area (Å²) in [5.41, 5.74) is 5.55. The lowest BCUT2D eigenvalue weighted by atomic mass is 10.2. The predicted octanol–water partition coefficient (Wildman–Crippen LogP) is 4.89. The van der Waals surface area contributed by atoms with Crippen molar-refractivity contribution in [1.82, 2.24) is 9.88 Å². The molecule has 2 amide bonds. The van der Waals surface area contributed by atoms with Crippen LogP contribution in [-0.2, 0) is 6.42 Å². The van der Waals surface area contributed by atoms with Gasteiger partial charge in [0.05, 0.1) is 17.1 Å². The molecule has 2 aromatic carbocycles. The molecule has 0 spiro atoms.